The molecule has 0 fully saturated rings. The zero-order chi connectivity index (χ0) is 26.2. The third-order valence-corrected chi connectivity index (χ3v) is 6.46. The second kappa shape index (κ2) is 10.8. The van der Waals surface area contributed by atoms with E-state index in [1.807, 2.05) is 115 Å². The number of benzene rings is 4. The van der Waals surface area contributed by atoms with Crippen LogP contribution in [0.25, 0.3) is 33.2 Å². The Kier molecular flexibility index (Phi) is 6.93. The fourth-order valence-electron chi connectivity index (χ4n) is 4.76. The Labute approximate surface area is 245 Å². The summed E-state index contributed by atoms with van der Waals surface area (Å²) in [5.74, 6) is 1.84. The van der Waals surface area contributed by atoms with Crippen molar-refractivity contribution in [3.63, 3.8) is 0 Å². The molecule has 0 saturated heterocycles. The van der Waals surface area contributed by atoms with Crippen molar-refractivity contribution < 1.29 is 30.2 Å². The van der Waals surface area contributed by atoms with Crippen LogP contribution in [-0.4, -0.2) is 14.8 Å². The first-order chi connectivity index (χ1) is 19.2. The van der Waals surface area contributed by atoms with E-state index in [1.165, 1.54) is 0 Å². The molecular weight excluding hydrogens is 679 g/mol. The van der Waals surface area contributed by atoms with Crippen molar-refractivity contribution in [2.45, 2.75) is 0 Å². The van der Waals surface area contributed by atoms with E-state index in [0.717, 1.165) is 44.8 Å². The Bertz CT molecular complexity index is 1880. The Morgan fingerprint density at radius 1 is 0.800 bits per heavy atom. The summed E-state index contributed by atoms with van der Waals surface area (Å²) in [6.07, 6.45) is 3.69. The largest absolute Gasteiger partial charge is 2.00 e. The van der Waals surface area contributed by atoms with E-state index in [9.17, 15) is 0 Å². The molecule has 3 heterocycles. The molecule has 0 atom stereocenters. The van der Waals surface area contributed by atoms with Gasteiger partial charge in [0.15, 0.2) is 0 Å². The molecule has 6 nitrogen and oxygen atoms in total. The maximum atomic E-state index is 6.36. The normalized spacial score (nSPS) is 10.9. The smallest absolute Gasteiger partial charge is 0.503 e. The predicted molar refractivity (Wildman–Crippen MR) is 153 cm³/mol. The van der Waals surface area contributed by atoms with Crippen LogP contribution >= 0.6 is 0 Å². The number of anilines is 3. The Balaban J connectivity index is 0.00000289. The van der Waals surface area contributed by atoms with Crippen LogP contribution in [-0.2, 0) is 28.1 Å². The molecule has 7 rings (SSSR count). The van der Waals surface area contributed by atoms with Crippen LogP contribution in [0.3, 0.4) is 0 Å². The van der Waals surface area contributed by atoms with Gasteiger partial charge in [-0.2, -0.15) is 6.07 Å². The molecule has 0 aliphatic carbocycles. The minimum Gasteiger partial charge on any atom is -0.503 e. The molecule has 3 aromatic heterocycles. The van der Waals surface area contributed by atoms with Crippen molar-refractivity contribution in [1.82, 2.24) is 14.8 Å². The van der Waals surface area contributed by atoms with Crippen LogP contribution in [0, 0.1) is 12.1 Å². The summed E-state index contributed by atoms with van der Waals surface area (Å²) >= 11 is 0. The fourth-order valence-corrected chi connectivity index (χ4v) is 4.76. The molecule has 0 radical (unpaired) electrons. The first-order valence-electron chi connectivity index (χ1n) is 12.6. The summed E-state index contributed by atoms with van der Waals surface area (Å²) in [6, 6.07) is 40.4. The minimum absolute atomic E-state index is 0. The molecule has 0 spiro atoms. The number of nitrogens with zero attached hydrogens (tertiary/aromatic N) is 4. The first-order valence-corrected chi connectivity index (χ1v) is 12.6. The summed E-state index contributed by atoms with van der Waals surface area (Å²) in [6.45, 7) is 0. The number of rotatable bonds is 6. The van der Waals surface area contributed by atoms with Gasteiger partial charge in [-0.1, -0.05) is 71.7 Å². The average Bonchev–Trinajstić information content (AvgIpc) is 3.57. The number of pyridine rings is 1. The molecule has 7 aromatic rings. The van der Waals surface area contributed by atoms with E-state index >= 15 is 0 Å². The molecule has 40 heavy (non-hydrogen) atoms. The van der Waals surface area contributed by atoms with Crippen molar-refractivity contribution in [2.24, 2.45) is 7.05 Å². The number of hydrogen-bond acceptors (Lipinski definition) is 5. The molecule has 4 aromatic carbocycles. The first kappa shape index (κ1) is 25.6. The van der Waals surface area contributed by atoms with E-state index in [-0.39, 0.29) is 21.1 Å². The molecule has 196 valence electrons. The number of fused-ring (bicyclic) bond motifs is 3. The Hall–Kier alpha value is -4.67. The van der Waals surface area contributed by atoms with E-state index in [0.29, 0.717) is 17.1 Å². The van der Waals surface area contributed by atoms with Crippen LogP contribution in [0.4, 0.5) is 17.2 Å². The van der Waals surface area contributed by atoms with Gasteiger partial charge < -0.3 is 14.1 Å². The van der Waals surface area contributed by atoms with Gasteiger partial charge in [-0.3, -0.25) is 4.68 Å². The summed E-state index contributed by atoms with van der Waals surface area (Å²) in [7, 11) is 1.90. The fraction of sp³-hybridized carbons (Fsp3) is 0.0303. The molecule has 0 saturated carbocycles. The summed E-state index contributed by atoms with van der Waals surface area (Å²) in [5.41, 5.74) is 4.90. The van der Waals surface area contributed by atoms with Gasteiger partial charge in [0.1, 0.15) is 11.4 Å². The molecule has 0 aliphatic heterocycles. The molecule has 0 aliphatic rings. The SMILES string of the molecule is Cn1ccc(-c2[c-]c(Oc3[c-]c(N(c4ccccc4)c4ccccn4)ccc3)cc3oc4ccccc4c23)n1.[Pt+2]. The second-order valence-corrected chi connectivity index (χ2v) is 9.08. The van der Waals surface area contributed by atoms with Crippen molar-refractivity contribution in [2.75, 3.05) is 4.90 Å². The van der Waals surface area contributed by atoms with Gasteiger partial charge in [0.25, 0.3) is 0 Å². The van der Waals surface area contributed by atoms with Gasteiger partial charge in [-0.05, 0) is 35.7 Å². The zero-order valence-corrected chi connectivity index (χ0v) is 23.7. The molecule has 0 unspecified atom stereocenters. The van der Waals surface area contributed by atoms with Crippen molar-refractivity contribution in [3.05, 3.63) is 128 Å². The van der Waals surface area contributed by atoms with Gasteiger partial charge >= 0.3 is 21.1 Å². The van der Waals surface area contributed by atoms with Gasteiger partial charge in [0.05, 0.1) is 5.58 Å². The maximum absolute atomic E-state index is 6.36. The van der Waals surface area contributed by atoms with Gasteiger partial charge in [-0.25, -0.2) is 10.1 Å². The molecule has 0 bridgehead atoms. The molecule has 0 N–H and O–H groups in total. The average molecular weight is 702 g/mol. The number of para-hydroxylation sites is 2. The quantitative estimate of drug-likeness (QED) is 0.164. The summed E-state index contributed by atoms with van der Waals surface area (Å²) < 4.78 is 14.4. The zero-order valence-electron chi connectivity index (χ0n) is 21.4. The topological polar surface area (TPSA) is 56.3 Å². The second-order valence-electron chi connectivity index (χ2n) is 9.08. The van der Waals surface area contributed by atoms with Crippen LogP contribution in [0.15, 0.2) is 120 Å². The number of aromatic nitrogens is 3. The minimum atomic E-state index is 0. The van der Waals surface area contributed by atoms with Crippen molar-refractivity contribution in [3.8, 4) is 22.8 Å². The van der Waals surface area contributed by atoms with E-state index in [4.69, 9.17) is 9.15 Å². The number of ether oxygens (including phenoxy) is 1. The number of furan rings is 1. The maximum Gasteiger partial charge on any atom is 2.00 e. The number of aryl methyl sites for hydroxylation is 1. The standard InChI is InChI=1S/C33H22N4O2.Pt/c1-36-19-17-29(35-36)28-21-26(22-31-33(28)27-14-5-6-15-30(27)39-31)38-25-13-9-12-24(20-25)37(23-10-3-2-4-11-23)32-16-7-8-18-34-32;/h2-19,22H,1H3;/q-2;+2. The van der Waals surface area contributed by atoms with E-state index in [1.54, 1.807) is 10.9 Å². The molecule has 7 heteroatoms. The van der Waals surface area contributed by atoms with Crippen LogP contribution < -0.4 is 9.64 Å². The summed E-state index contributed by atoms with van der Waals surface area (Å²) in [5, 5.41) is 6.61. The van der Waals surface area contributed by atoms with Crippen LogP contribution in [0.5, 0.6) is 11.5 Å². The molecular formula is C33H22N4O2Pt. The van der Waals surface area contributed by atoms with Crippen molar-refractivity contribution >= 4 is 39.1 Å². The molecule has 0 amide bonds. The van der Waals surface area contributed by atoms with Crippen LogP contribution in [0.2, 0.25) is 0 Å². The van der Waals surface area contributed by atoms with Crippen LogP contribution in [0.1, 0.15) is 0 Å². The third-order valence-electron chi connectivity index (χ3n) is 6.46. The monoisotopic (exact) mass is 701 g/mol. The summed E-state index contributed by atoms with van der Waals surface area (Å²) in [4.78, 5) is 6.63. The van der Waals surface area contributed by atoms with Gasteiger partial charge in [-0.15, -0.1) is 23.8 Å². The van der Waals surface area contributed by atoms with E-state index in [2.05, 4.69) is 28.3 Å². The Morgan fingerprint density at radius 2 is 1.62 bits per heavy atom. The Morgan fingerprint density at radius 3 is 2.42 bits per heavy atom. The van der Waals surface area contributed by atoms with Crippen molar-refractivity contribution in [1.29, 1.82) is 0 Å². The van der Waals surface area contributed by atoms with E-state index < -0.39 is 0 Å². The number of hydrogen-bond donors (Lipinski definition) is 0. The third kappa shape index (κ3) is 4.78. The predicted octanol–water partition coefficient (Wildman–Crippen LogP) is 8.24. The van der Waals surface area contributed by atoms with Gasteiger partial charge in [0.2, 0.25) is 0 Å². The van der Waals surface area contributed by atoms with Gasteiger partial charge in [0, 0.05) is 42.3 Å².